The van der Waals surface area contributed by atoms with E-state index in [1.54, 1.807) is 20.1 Å². The second-order valence-electron chi connectivity index (χ2n) is 4.42. The van der Waals surface area contributed by atoms with Crippen molar-refractivity contribution in [2.75, 3.05) is 19.5 Å². The van der Waals surface area contributed by atoms with Gasteiger partial charge >= 0.3 is 5.97 Å². The van der Waals surface area contributed by atoms with Gasteiger partial charge in [-0.2, -0.15) is 0 Å². The van der Waals surface area contributed by atoms with Gasteiger partial charge in [0.2, 0.25) is 0 Å². The van der Waals surface area contributed by atoms with Crippen LogP contribution in [0.5, 0.6) is 5.75 Å². The number of ether oxygens (including phenoxy) is 2. The molecule has 2 rings (SSSR count). The van der Waals surface area contributed by atoms with Gasteiger partial charge in [0.05, 0.1) is 13.7 Å². The molecule has 106 valence electrons. The number of carbonyl (C=O) groups is 1. The monoisotopic (exact) mass is 274 g/mol. The first-order valence-corrected chi connectivity index (χ1v) is 6.37. The molecule has 1 heterocycles. The third kappa shape index (κ3) is 2.61. The van der Waals surface area contributed by atoms with E-state index in [4.69, 9.17) is 15.2 Å². The van der Waals surface area contributed by atoms with Crippen molar-refractivity contribution in [1.82, 2.24) is 4.98 Å². The fraction of sp³-hybridized carbons (Fsp3) is 0.267. The third-order valence-electron chi connectivity index (χ3n) is 3.05. The number of nitrogens with two attached hydrogens (primary N) is 1. The molecule has 0 saturated carbocycles. The summed E-state index contributed by atoms with van der Waals surface area (Å²) in [6.45, 7) is 4.04. The lowest BCUT2D eigenvalue weighted by Gasteiger charge is -2.06. The first-order valence-electron chi connectivity index (χ1n) is 6.37. The molecular weight excluding hydrogens is 256 g/mol. The third-order valence-corrected chi connectivity index (χ3v) is 3.05. The SMILES string of the molecule is CCOC(=O)c1cc(-c2ccc(OC)c(C)c2)[nH]c1N. The number of aryl methyl sites for hydroxylation is 1. The lowest BCUT2D eigenvalue weighted by Crippen LogP contribution is -2.05. The highest BCUT2D eigenvalue weighted by Gasteiger charge is 2.15. The molecular formula is C15H18N2O3. The first-order chi connectivity index (χ1) is 9.56. The van der Waals surface area contributed by atoms with Crippen molar-refractivity contribution >= 4 is 11.8 Å². The van der Waals surface area contributed by atoms with Crippen LogP contribution in [0.4, 0.5) is 5.82 Å². The molecule has 20 heavy (non-hydrogen) atoms. The number of rotatable bonds is 4. The Morgan fingerprint density at radius 2 is 2.10 bits per heavy atom. The van der Waals surface area contributed by atoms with Crippen LogP contribution < -0.4 is 10.5 Å². The van der Waals surface area contributed by atoms with Crippen LogP contribution in [0.1, 0.15) is 22.8 Å². The molecule has 0 aliphatic carbocycles. The van der Waals surface area contributed by atoms with Gasteiger partial charge in [0.1, 0.15) is 17.1 Å². The van der Waals surface area contributed by atoms with Crippen molar-refractivity contribution < 1.29 is 14.3 Å². The zero-order valence-corrected chi connectivity index (χ0v) is 11.8. The van der Waals surface area contributed by atoms with Gasteiger partial charge in [0.25, 0.3) is 0 Å². The maximum absolute atomic E-state index is 11.7. The van der Waals surface area contributed by atoms with E-state index in [0.717, 1.165) is 22.6 Å². The highest BCUT2D eigenvalue weighted by atomic mass is 16.5. The molecule has 5 heteroatoms. The number of hydrogen-bond acceptors (Lipinski definition) is 4. The standard InChI is InChI=1S/C15H18N2O3/c1-4-20-15(18)11-8-12(17-14(11)16)10-5-6-13(19-3)9(2)7-10/h5-8,17H,4,16H2,1-3H3. The van der Waals surface area contributed by atoms with Gasteiger partial charge in [-0.25, -0.2) is 4.79 Å². The Balaban J connectivity index is 2.37. The number of H-pyrrole nitrogens is 1. The Labute approximate surface area is 117 Å². The van der Waals surface area contributed by atoms with Crippen molar-refractivity contribution in [3.63, 3.8) is 0 Å². The van der Waals surface area contributed by atoms with Crippen LogP contribution in [-0.4, -0.2) is 24.7 Å². The van der Waals surface area contributed by atoms with E-state index >= 15 is 0 Å². The van der Waals surface area contributed by atoms with E-state index in [1.165, 1.54) is 0 Å². The van der Waals surface area contributed by atoms with Gasteiger partial charge in [-0.15, -0.1) is 0 Å². The van der Waals surface area contributed by atoms with Crippen molar-refractivity contribution in [2.24, 2.45) is 0 Å². The number of aromatic amines is 1. The second-order valence-corrected chi connectivity index (χ2v) is 4.42. The van der Waals surface area contributed by atoms with E-state index in [9.17, 15) is 4.79 Å². The number of nitrogen functional groups attached to an aromatic ring is 1. The minimum Gasteiger partial charge on any atom is -0.496 e. The molecule has 0 spiro atoms. The van der Waals surface area contributed by atoms with Crippen LogP contribution in [0.3, 0.4) is 0 Å². The van der Waals surface area contributed by atoms with Gasteiger partial charge in [-0.1, -0.05) is 0 Å². The number of benzene rings is 1. The molecule has 2 aromatic rings. The highest BCUT2D eigenvalue weighted by Crippen LogP contribution is 2.28. The minimum absolute atomic E-state index is 0.312. The number of aromatic nitrogens is 1. The molecule has 1 aromatic carbocycles. The second kappa shape index (κ2) is 5.69. The van der Waals surface area contributed by atoms with Crippen LogP contribution in [0.25, 0.3) is 11.3 Å². The summed E-state index contributed by atoms with van der Waals surface area (Å²) >= 11 is 0. The fourth-order valence-corrected chi connectivity index (χ4v) is 2.05. The summed E-state index contributed by atoms with van der Waals surface area (Å²) in [7, 11) is 1.63. The molecule has 0 aliphatic heterocycles. The Bertz CT molecular complexity index is 632. The van der Waals surface area contributed by atoms with Crippen LogP contribution in [0.2, 0.25) is 0 Å². The molecule has 0 radical (unpaired) electrons. The topological polar surface area (TPSA) is 77.3 Å². The smallest absolute Gasteiger partial charge is 0.341 e. The molecule has 3 N–H and O–H groups in total. The number of anilines is 1. The highest BCUT2D eigenvalue weighted by molar-refractivity contribution is 5.96. The van der Waals surface area contributed by atoms with Gasteiger partial charge in [0.15, 0.2) is 0 Å². The van der Waals surface area contributed by atoms with Gasteiger partial charge in [-0.3, -0.25) is 0 Å². The van der Waals surface area contributed by atoms with E-state index in [-0.39, 0.29) is 0 Å². The van der Waals surface area contributed by atoms with Crippen molar-refractivity contribution in [1.29, 1.82) is 0 Å². The lowest BCUT2D eigenvalue weighted by molar-refractivity contribution is 0.0528. The zero-order valence-electron chi connectivity index (χ0n) is 11.8. The summed E-state index contributed by atoms with van der Waals surface area (Å²) in [6.07, 6.45) is 0. The molecule has 0 amide bonds. The van der Waals surface area contributed by atoms with Crippen molar-refractivity contribution in [3.05, 3.63) is 35.4 Å². The molecule has 0 bridgehead atoms. The Hall–Kier alpha value is -2.43. The largest absolute Gasteiger partial charge is 0.496 e. The number of methoxy groups -OCH3 is 1. The van der Waals surface area contributed by atoms with Crippen molar-refractivity contribution in [2.45, 2.75) is 13.8 Å². The summed E-state index contributed by atoms with van der Waals surface area (Å²) in [5.41, 5.74) is 8.90. The average Bonchev–Trinajstić information content (AvgIpc) is 2.81. The van der Waals surface area contributed by atoms with Gasteiger partial charge in [0, 0.05) is 5.69 Å². The summed E-state index contributed by atoms with van der Waals surface area (Å²) in [6, 6.07) is 7.46. The first kappa shape index (κ1) is 14.0. The minimum atomic E-state index is -0.419. The normalized spacial score (nSPS) is 10.3. The van der Waals surface area contributed by atoms with Crippen LogP contribution >= 0.6 is 0 Å². The van der Waals surface area contributed by atoms with E-state index in [0.29, 0.717) is 18.0 Å². The summed E-state index contributed by atoms with van der Waals surface area (Å²) in [5.74, 6) is 0.712. The molecule has 0 atom stereocenters. The summed E-state index contributed by atoms with van der Waals surface area (Å²) in [4.78, 5) is 14.7. The van der Waals surface area contributed by atoms with E-state index < -0.39 is 5.97 Å². The lowest BCUT2D eigenvalue weighted by atomic mass is 10.1. The van der Waals surface area contributed by atoms with Crippen LogP contribution in [-0.2, 0) is 4.74 Å². The number of esters is 1. The molecule has 0 aliphatic rings. The molecule has 1 aromatic heterocycles. The fourth-order valence-electron chi connectivity index (χ4n) is 2.05. The zero-order chi connectivity index (χ0) is 14.7. The predicted molar refractivity (Wildman–Crippen MR) is 77.9 cm³/mol. The number of carbonyl (C=O) groups excluding carboxylic acids is 1. The molecule has 0 unspecified atom stereocenters. The number of hydrogen-bond donors (Lipinski definition) is 2. The van der Waals surface area contributed by atoms with E-state index in [2.05, 4.69) is 4.98 Å². The average molecular weight is 274 g/mol. The molecule has 5 nitrogen and oxygen atoms in total. The summed E-state index contributed by atoms with van der Waals surface area (Å²) in [5, 5.41) is 0. The van der Waals surface area contributed by atoms with Crippen LogP contribution in [0, 0.1) is 6.92 Å². The Morgan fingerprint density at radius 1 is 1.35 bits per heavy atom. The Kier molecular flexibility index (Phi) is 3.98. The predicted octanol–water partition coefficient (Wildman–Crippen LogP) is 2.76. The maximum Gasteiger partial charge on any atom is 0.341 e. The van der Waals surface area contributed by atoms with Gasteiger partial charge in [-0.05, 0) is 49.2 Å². The number of nitrogens with one attached hydrogen (secondary N) is 1. The van der Waals surface area contributed by atoms with Crippen molar-refractivity contribution in [3.8, 4) is 17.0 Å². The molecule has 0 saturated heterocycles. The van der Waals surface area contributed by atoms with Gasteiger partial charge < -0.3 is 20.2 Å². The van der Waals surface area contributed by atoms with Crippen LogP contribution in [0.15, 0.2) is 24.3 Å². The summed E-state index contributed by atoms with van der Waals surface area (Å²) < 4.78 is 10.2. The quantitative estimate of drug-likeness (QED) is 0.840. The molecule has 0 fully saturated rings. The maximum atomic E-state index is 11.7. The van der Waals surface area contributed by atoms with E-state index in [1.807, 2.05) is 25.1 Å². The Morgan fingerprint density at radius 3 is 2.70 bits per heavy atom.